The van der Waals surface area contributed by atoms with Crippen molar-refractivity contribution in [3.8, 4) is 17.0 Å². The van der Waals surface area contributed by atoms with E-state index in [1.165, 1.54) is 17.7 Å². The number of carbonyl (C=O) groups is 2. The Morgan fingerprint density at radius 3 is 2.82 bits per heavy atom. The fourth-order valence-corrected chi connectivity index (χ4v) is 3.37. The van der Waals surface area contributed by atoms with E-state index in [1.54, 1.807) is 30.5 Å². The standard InChI is InChI=1S/C21H26N4O8/c1-3-7-31-21-18(22-12(2)26)20(30)19(29)16(33-21)10-25-9-15(23-24-25)13-5-4-6-14(8-13)32-11-17(27)28/h3-6,8-9,16,18-21,29-30H,1,7,10-11H2,2H3,(H,22,26)(H,27,28)/t16-,18-,19+,20-,21-/m1/s1. The van der Waals surface area contributed by atoms with Crippen LogP contribution in [-0.4, -0.2) is 86.0 Å². The normalized spacial score (nSPS) is 24.8. The van der Waals surface area contributed by atoms with Crippen LogP contribution >= 0.6 is 0 Å². The molecule has 1 aliphatic heterocycles. The minimum atomic E-state index is -1.34. The van der Waals surface area contributed by atoms with E-state index in [0.717, 1.165) is 0 Å². The lowest BCUT2D eigenvalue weighted by atomic mass is 9.96. The Morgan fingerprint density at radius 1 is 1.33 bits per heavy atom. The molecule has 178 valence electrons. The van der Waals surface area contributed by atoms with E-state index in [2.05, 4.69) is 22.2 Å². The summed E-state index contributed by atoms with van der Waals surface area (Å²) >= 11 is 0. The number of aliphatic hydroxyl groups excluding tert-OH is 2. The van der Waals surface area contributed by atoms with Crippen molar-refractivity contribution in [2.24, 2.45) is 0 Å². The van der Waals surface area contributed by atoms with Crippen LogP contribution in [0.1, 0.15) is 6.92 Å². The van der Waals surface area contributed by atoms with Crippen LogP contribution in [0.3, 0.4) is 0 Å². The zero-order chi connectivity index (χ0) is 24.0. The highest BCUT2D eigenvalue weighted by atomic mass is 16.7. The van der Waals surface area contributed by atoms with Gasteiger partial charge in [-0.3, -0.25) is 4.79 Å². The van der Waals surface area contributed by atoms with E-state index in [1.807, 2.05) is 0 Å². The van der Waals surface area contributed by atoms with Gasteiger partial charge in [-0.05, 0) is 12.1 Å². The molecule has 4 N–H and O–H groups in total. The van der Waals surface area contributed by atoms with Gasteiger partial charge in [0.2, 0.25) is 5.91 Å². The number of aliphatic carboxylic acids is 1. The lowest BCUT2D eigenvalue weighted by Gasteiger charge is -2.42. The number of nitrogens with zero attached hydrogens (tertiary/aromatic N) is 3. The second-order valence-electron chi connectivity index (χ2n) is 7.41. The van der Waals surface area contributed by atoms with Gasteiger partial charge in [0.15, 0.2) is 12.9 Å². The Labute approximate surface area is 189 Å². The molecule has 1 saturated heterocycles. The molecule has 1 aliphatic rings. The fraction of sp³-hybridized carbons (Fsp3) is 0.429. The van der Waals surface area contributed by atoms with Crippen molar-refractivity contribution in [3.05, 3.63) is 43.1 Å². The minimum absolute atomic E-state index is 0.0428. The van der Waals surface area contributed by atoms with Crippen LogP contribution in [0.5, 0.6) is 5.75 Å². The molecule has 0 aliphatic carbocycles. The molecule has 0 spiro atoms. The Balaban J connectivity index is 1.72. The van der Waals surface area contributed by atoms with Gasteiger partial charge in [0.1, 0.15) is 35.8 Å². The van der Waals surface area contributed by atoms with Crippen LogP contribution in [0.15, 0.2) is 43.1 Å². The molecule has 0 unspecified atom stereocenters. The topological polar surface area (TPSA) is 165 Å². The molecular formula is C21H26N4O8. The first-order valence-corrected chi connectivity index (χ1v) is 10.1. The van der Waals surface area contributed by atoms with Gasteiger partial charge in [-0.2, -0.15) is 0 Å². The highest BCUT2D eigenvalue weighted by Gasteiger charge is 2.45. The van der Waals surface area contributed by atoms with E-state index in [4.69, 9.17) is 19.3 Å². The largest absolute Gasteiger partial charge is 0.482 e. The summed E-state index contributed by atoms with van der Waals surface area (Å²) in [6.45, 7) is 4.55. The first kappa shape index (κ1) is 24.3. The van der Waals surface area contributed by atoms with Crippen LogP contribution < -0.4 is 10.1 Å². The van der Waals surface area contributed by atoms with Gasteiger partial charge < -0.3 is 34.8 Å². The Hall–Kier alpha value is -3.32. The third-order valence-corrected chi connectivity index (χ3v) is 4.85. The molecule has 3 rings (SSSR count). The number of benzene rings is 1. The van der Waals surface area contributed by atoms with Crippen molar-refractivity contribution in [1.82, 2.24) is 20.3 Å². The van der Waals surface area contributed by atoms with E-state index in [0.29, 0.717) is 17.0 Å². The van der Waals surface area contributed by atoms with Gasteiger partial charge in [0, 0.05) is 12.5 Å². The van der Waals surface area contributed by atoms with Gasteiger partial charge >= 0.3 is 5.97 Å². The van der Waals surface area contributed by atoms with Gasteiger partial charge in [-0.1, -0.05) is 23.4 Å². The Morgan fingerprint density at radius 2 is 2.12 bits per heavy atom. The number of carboxylic acid groups (broad SMARTS) is 1. The van der Waals surface area contributed by atoms with Crippen LogP contribution in [0.2, 0.25) is 0 Å². The molecule has 1 fully saturated rings. The summed E-state index contributed by atoms with van der Waals surface area (Å²) in [5, 5.41) is 40.5. The Kier molecular flexibility index (Phi) is 8.11. The van der Waals surface area contributed by atoms with Gasteiger partial charge in [-0.15, -0.1) is 11.7 Å². The zero-order valence-electron chi connectivity index (χ0n) is 17.9. The van der Waals surface area contributed by atoms with Crippen molar-refractivity contribution >= 4 is 11.9 Å². The number of amides is 1. The average molecular weight is 462 g/mol. The monoisotopic (exact) mass is 462 g/mol. The summed E-state index contributed by atoms with van der Waals surface area (Å²) in [5.41, 5.74) is 1.13. The quantitative estimate of drug-likeness (QED) is 0.340. The summed E-state index contributed by atoms with van der Waals surface area (Å²) < 4.78 is 18.0. The van der Waals surface area contributed by atoms with Crippen LogP contribution in [0.25, 0.3) is 11.3 Å². The molecule has 0 radical (unpaired) electrons. The number of carboxylic acids is 1. The van der Waals surface area contributed by atoms with E-state index >= 15 is 0 Å². The third-order valence-electron chi connectivity index (χ3n) is 4.85. The number of carbonyl (C=O) groups excluding carboxylic acids is 1. The lowest BCUT2D eigenvalue weighted by Crippen LogP contribution is -2.64. The van der Waals surface area contributed by atoms with Crippen molar-refractivity contribution in [2.45, 2.75) is 44.1 Å². The lowest BCUT2D eigenvalue weighted by molar-refractivity contribution is -0.264. The maximum Gasteiger partial charge on any atom is 0.341 e. The molecule has 12 heteroatoms. The minimum Gasteiger partial charge on any atom is -0.482 e. The van der Waals surface area contributed by atoms with Crippen LogP contribution in [0.4, 0.5) is 0 Å². The van der Waals surface area contributed by atoms with E-state index < -0.39 is 49.1 Å². The van der Waals surface area contributed by atoms with E-state index in [-0.39, 0.29) is 13.2 Å². The summed E-state index contributed by atoms with van der Waals surface area (Å²) in [6, 6.07) is 5.74. The number of aliphatic hydroxyl groups is 2. The number of nitrogens with one attached hydrogen (secondary N) is 1. The number of ether oxygens (including phenoxy) is 3. The van der Waals surface area contributed by atoms with Crippen molar-refractivity contribution < 1.29 is 39.1 Å². The molecule has 0 saturated carbocycles. The second-order valence-corrected chi connectivity index (χ2v) is 7.41. The first-order valence-electron chi connectivity index (χ1n) is 10.1. The second kappa shape index (κ2) is 11.0. The number of hydrogen-bond donors (Lipinski definition) is 4. The van der Waals surface area contributed by atoms with Crippen molar-refractivity contribution in [2.75, 3.05) is 13.2 Å². The zero-order valence-corrected chi connectivity index (χ0v) is 17.9. The average Bonchev–Trinajstić information content (AvgIpc) is 3.25. The predicted octanol–water partition coefficient (Wildman–Crippen LogP) is -0.437. The van der Waals surface area contributed by atoms with Gasteiger partial charge in [0.05, 0.1) is 19.3 Å². The fourth-order valence-electron chi connectivity index (χ4n) is 3.37. The molecule has 1 aromatic carbocycles. The molecule has 33 heavy (non-hydrogen) atoms. The maximum atomic E-state index is 11.5. The molecule has 0 bridgehead atoms. The van der Waals surface area contributed by atoms with Gasteiger partial charge in [-0.25, -0.2) is 9.48 Å². The molecule has 5 atom stereocenters. The smallest absolute Gasteiger partial charge is 0.341 e. The van der Waals surface area contributed by atoms with E-state index in [9.17, 15) is 19.8 Å². The molecule has 2 heterocycles. The molecule has 1 amide bonds. The number of aromatic nitrogens is 3. The molecule has 2 aromatic rings. The first-order chi connectivity index (χ1) is 15.8. The summed E-state index contributed by atoms with van der Waals surface area (Å²) in [6.07, 6.45) is -1.48. The molecular weight excluding hydrogens is 436 g/mol. The van der Waals surface area contributed by atoms with Crippen LogP contribution in [-0.2, 0) is 25.6 Å². The highest BCUT2D eigenvalue weighted by Crippen LogP contribution is 2.25. The van der Waals surface area contributed by atoms with Gasteiger partial charge in [0.25, 0.3) is 0 Å². The number of hydrogen-bond acceptors (Lipinski definition) is 9. The Bertz CT molecular complexity index is 981. The molecule has 12 nitrogen and oxygen atoms in total. The maximum absolute atomic E-state index is 11.5. The third kappa shape index (κ3) is 6.35. The van der Waals surface area contributed by atoms with Crippen molar-refractivity contribution in [1.29, 1.82) is 0 Å². The highest BCUT2D eigenvalue weighted by molar-refractivity contribution is 5.73. The SMILES string of the molecule is C=CCO[C@@H]1O[C@H](Cn2cc(-c3cccc(OCC(=O)O)c3)nn2)[C@H](O)[C@H](O)[C@H]1NC(C)=O. The summed E-state index contributed by atoms with van der Waals surface area (Å²) in [5.74, 6) is -1.13. The number of rotatable bonds is 10. The summed E-state index contributed by atoms with van der Waals surface area (Å²) in [4.78, 5) is 22.2. The van der Waals surface area contributed by atoms with Crippen LogP contribution in [0, 0.1) is 0 Å². The summed E-state index contributed by atoms with van der Waals surface area (Å²) in [7, 11) is 0. The predicted molar refractivity (Wildman–Crippen MR) is 113 cm³/mol. The molecule has 1 aromatic heterocycles. The van der Waals surface area contributed by atoms with Crippen molar-refractivity contribution in [3.63, 3.8) is 0 Å².